The minimum atomic E-state index is -2.26. The zero-order chi connectivity index (χ0) is 101. The lowest BCUT2D eigenvalue weighted by Crippen LogP contribution is -2.16. The number of rotatable bonds is 101. The Bertz CT molecular complexity index is 4540. The van der Waals surface area contributed by atoms with Crippen LogP contribution < -0.4 is 28.4 Å². The van der Waals surface area contributed by atoms with Crippen molar-refractivity contribution in [2.75, 3.05) is 39.6 Å². The van der Waals surface area contributed by atoms with Crippen molar-refractivity contribution in [1.29, 1.82) is 0 Å². The predicted molar refractivity (Wildman–Crippen MR) is 625 cm³/mol. The summed E-state index contributed by atoms with van der Waals surface area (Å²) in [5.74, 6) is 3.56. The van der Waals surface area contributed by atoms with Crippen molar-refractivity contribution in [3.8, 4) is 34.5 Å². The van der Waals surface area contributed by atoms with E-state index in [0.29, 0.717) is 85.5 Å². The van der Waals surface area contributed by atoms with Gasteiger partial charge in [-0.25, -0.2) is 0 Å². The standard InChI is InChI=1S/C131H215BN2O10/c1-7-13-19-25-31-37-43-49-55-61-67-73-79-89-99-138-122-107-114-110-95-85-87-97-112(110)126-116(124(114)130(142-103-93-83-77-71-65-59-53-47-41-35-29-23-17-11-5)128(122)140-101-91-81-75-69-63-57-51-45-39-33-27-21-15-9-3)105-118(133-126)120(135)109-121(144-132(136)137)119-106-117-125-115(111-96-86-88-98-113(111)127(117)134-119)108-123(139-100-90-80-74-68-62-56-50-44-38-32-26-20-14-8-2)129(141-102-92-82-76-70-64-58-52-46-40-34-28-22-16-10-4)131(125)143-104-94-84-78-72-66-60-54-48-42-36-30-24-18-12-6/h85-88,95-98,105-109,133-134,136-137H,7-84,89-94,99-104H2,1-6H3/b121-109-. The lowest BCUT2D eigenvalue weighted by molar-refractivity contribution is 0.104. The highest BCUT2D eigenvalue weighted by molar-refractivity contribution is 6.35. The maximum Gasteiger partial charge on any atom is 0.707 e. The molecule has 812 valence electrons. The van der Waals surface area contributed by atoms with Crippen molar-refractivity contribution in [3.05, 3.63) is 90.3 Å². The van der Waals surface area contributed by atoms with Gasteiger partial charge in [0, 0.05) is 38.4 Å². The van der Waals surface area contributed by atoms with E-state index in [1.54, 1.807) is 0 Å². The van der Waals surface area contributed by atoms with Gasteiger partial charge in [-0.2, -0.15) is 0 Å². The zero-order valence-corrected chi connectivity index (χ0v) is 93.9. The number of aromatic nitrogens is 2. The molecular weight excluding hydrogens is 1770 g/mol. The number of fused-ring (bicyclic) bond motifs is 12. The van der Waals surface area contributed by atoms with E-state index in [1.807, 2.05) is 12.1 Å². The number of H-pyrrole nitrogens is 2. The normalized spacial score (nSPS) is 12.0. The van der Waals surface area contributed by atoms with Gasteiger partial charge < -0.3 is 53.1 Å². The molecule has 0 saturated heterocycles. The van der Waals surface area contributed by atoms with Crippen LogP contribution in [0, 0.1) is 0 Å². The minimum Gasteiger partial charge on any atom is -0.510 e. The lowest BCUT2D eigenvalue weighted by atomic mass is 9.96. The van der Waals surface area contributed by atoms with Gasteiger partial charge in [0.15, 0.2) is 23.0 Å². The Labute approximate surface area is 881 Å². The monoisotopic (exact) mass is 1990 g/mol. The predicted octanol–water partition coefficient (Wildman–Crippen LogP) is 42.6. The smallest absolute Gasteiger partial charge is 0.510 e. The maximum absolute atomic E-state index is 15.9. The molecule has 4 N–H and O–H groups in total. The first kappa shape index (κ1) is 123. The van der Waals surface area contributed by atoms with E-state index in [1.165, 1.54) is 468 Å². The van der Waals surface area contributed by atoms with Crippen LogP contribution in [-0.2, 0) is 4.65 Å². The number of hydrogen-bond acceptors (Lipinski definition) is 10. The molecule has 2 aromatic heterocycles. The molecule has 8 aromatic rings. The Morgan fingerprint density at radius 1 is 0.229 bits per heavy atom. The molecule has 12 nitrogen and oxygen atoms in total. The highest BCUT2D eigenvalue weighted by atomic mass is 16.6. The van der Waals surface area contributed by atoms with Crippen molar-refractivity contribution in [1.82, 2.24) is 9.97 Å². The number of hydrogen-bond donors (Lipinski definition) is 4. The molecule has 8 rings (SSSR count). The summed E-state index contributed by atoms with van der Waals surface area (Å²) in [4.78, 5) is 23.4. The fourth-order valence-corrected chi connectivity index (χ4v) is 22.1. The van der Waals surface area contributed by atoms with Gasteiger partial charge in [-0.3, -0.25) is 4.79 Å². The molecule has 0 aliphatic heterocycles. The molecule has 0 spiro atoms. The lowest BCUT2D eigenvalue weighted by Gasteiger charge is -2.21. The first-order valence-electron chi connectivity index (χ1n) is 62.4. The SMILES string of the molecule is CCCCCCCCCCCCCCCCOc1cc2c3ccccc3c3[nH]c(C(=O)/C=C(\OB(O)O)c4cc5c([nH]4)c4ccccc4c4cc(OCCCCCCCCCCCCCCCC)c(OCCCCCCCCCCCCCCCC)c(OCCCCCCCCCCCCCCCC)c45)cc3c2c(OCCCCCCCCCCCCCCCC)c1OCCCCCCCCCCCCCCCC. The minimum absolute atomic E-state index is 0.0268. The topological polar surface area (TPSA) is 154 Å². The fourth-order valence-electron chi connectivity index (χ4n) is 22.1. The Balaban J connectivity index is 1.14. The molecule has 0 aliphatic carbocycles. The van der Waals surface area contributed by atoms with Crippen LogP contribution in [0.1, 0.15) is 597 Å². The molecule has 2 heterocycles. The third kappa shape index (κ3) is 49.9. The van der Waals surface area contributed by atoms with E-state index in [2.05, 4.69) is 112 Å². The zero-order valence-electron chi connectivity index (χ0n) is 93.9. The van der Waals surface area contributed by atoms with E-state index < -0.39 is 13.1 Å². The second-order valence-corrected chi connectivity index (χ2v) is 43.9. The van der Waals surface area contributed by atoms with Gasteiger partial charge >= 0.3 is 7.32 Å². The number of allylic oxidation sites excluding steroid dienone is 1. The molecule has 0 atom stereocenters. The Morgan fingerprint density at radius 3 is 0.653 bits per heavy atom. The molecule has 0 amide bonds. The number of carbonyl (C=O) groups excluding carboxylic acids is 1. The van der Waals surface area contributed by atoms with Crippen LogP contribution in [0.15, 0.2) is 78.9 Å². The highest BCUT2D eigenvalue weighted by Crippen LogP contribution is 2.53. The van der Waals surface area contributed by atoms with Crippen LogP contribution in [0.2, 0.25) is 0 Å². The third-order valence-corrected chi connectivity index (χ3v) is 31.1. The van der Waals surface area contributed by atoms with Crippen LogP contribution in [0.5, 0.6) is 34.5 Å². The number of ketones is 1. The Hall–Kier alpha value is -6.57. The summed E-state index contributed by atoms with van der Waals surface area (Å²) in [5.41, 5.74) is 2.31. The number of benzene rings is 6. The number of nitrogens with one attached hydrogen (secondary N) is 2. The maximum atomic E-state index is 15.9. The first-order chi connectivity index (χ1) is 71.3. The average molecular weight is 1990 g/mol. The molecule has 0 unspecified atom stereocenters. The molecule has 6 aromatic carbocycles. The molecule has 0 saturated carbocycles. The second kappa shape index (κ2) is 82.2. The number of aromatic amines is 2. The summed E-state index contributed by atoms with van der Waals surface area (Å²) in [5, 5.41) is 31.6. The van der Waals surface area contributed by atoms with Gasteiger partial charge in [0.05, 0.1) is 62.1 Å². The van der Waals surface area contributed by atoms with E-state index in [0.717, 1.165) is 142 Å². The van der Waals surface area contributed by atoms with Crippen molar-refractivity contribution < 1.29 is 47.9 Å². The summed E-state index contributed by atoms with van der Waals surface area (Å²) in [7, 11) is -2.26. The summed E-state index contributed by atoms with van der Waals surface area (Å²) < 4.78 is 49.6. The van der Waals surface area contributed by atoms with Crippen LogP contribution in [0.25, 0.3) is 70.7 Å². The quantitative estimate of drug-likeness (QED) is 0.00723. The van der Waals surface area contributed by atoms with Crippen LogP contribution >= 0.6 is 0 Å². The third-order valence-electron chi connectivity index (χ3n) is 31.1. The molecule has 0 fully saturated rings. The van der Waals surface area contributed by atoms with Gasteiger partial charge in [0.25, 0.3) is 0 Å². The van der Waals surface area contributed by atoms with E-state index in [4.69, 9.17) is 33.1 Å². The molecule has 0 aliphatic rings. The summed E-state index contributed by atoms with van der Waals surface area (Å²) >= 11 is 0. The van der Waals surface area contributed by atoms with Crippen LogP contribution in [0.3, 0.4) is 0 Å². The van der Waals surface area contributed by atoms with Gasteiger partial charge in [0.2, 0.25) is 17.3 Å². The molecule has 0 bridgehead atoms. The van der Waals surface area contributed by atoms with Gasteiger partial charge in [0.1, 0.15) is 5.76 Å². The summed E-state index contributed by atoms with van der Waals surface area (Å²) in [6, 6.07) is 25.4. The second-order valence-electron chi connectivity index (χ2n) is 43.9. The molecule has 13 heteroatoms. The fraction of sp³-hybridized carbons (Fsp3) is 0.733. The van der Waals surface area contributed by atoms with E-state index in [-0.39, 0.29) is 5.76 Å². The average Bonchev–Trinajstić information content (AvgIpc) is 1.52. The largest absolute Gasteiger partial charge is 0.707 e. The number of carbonyl (C=O) groups is 1. The Kier molecular flexibility index (Phi) is 70.0. The summed E-state index contributed by atoms with van der Waals surface area (Å²) in [6.07, 6.45) is 109. The van der Waals surface area contributed by atoms with Crippen LogP contribution in [-0.4, -0.2) is 72.8 Å². The Morgan fingerprint density at radius 2 is 0.424 bits per heavy atom. The van der Waals surface area contributed by atoms with E-state index >= 15 is 4.79 Å². The van der Waals surface area contributed by atoms with Gasteiger partial charge in [-0.1, -0.05) is 591 Å². The highest BCUT2D eigenvalue weighted by Gasteiger charge is 2.29. The van der Waals surface area contributed by atoms with Gasteiger partial charge in [-0.05, 0) is 84.3 Å². The molecule has 0 radical (unpaired) electrons. The van der Waals surface area contributed by atoms with Crippen molar-refractivity contribution in [2.45, 2.75) is 581 Å². The summed E-state index contributed by atoms with van der Waals surface area (Å²) in [6.45, 7) is 17.0. The molecular formula is C131H215BN2O10. The van der Waals surface area contributed by atoms with E-state index in [9.17, 15) is 10.0 Å². The van der Waals surface area contributed by atoms with Gasteiger partial charge in [-0.15, -0.1) is 0 Å². The molecule has 144 heavy (non-hydrogen) atoms. The van der Waals surface area contributed by atoms with Crippen molar-refractivity contribution >= 4 is 83.8 Å². The first-order valence-corrected chi connectivity index (χ1v) is 62.4. The van der Waals surface area contributed by atoms with Crippen LogP contribution in [0.4, 0.5) is 0 Å². The number of unbranched alkanes of at least 4 members (excludes halogenated alkanes) is 78. The number of ether oxygens (including phenoxy) is 6. The van der Waals surface area contributed by atoms with Crippen molar-refractivity contribution in [2.24, 2.45) is 0 Å². The van der Waals surface area contributed by atoms with Crippen molar-refractivity contribution in [3.63, 3.8) is 0 Å².